The summed E-state index contributed by atoms with van der Waals surface area (Å²) in [5, 5.41) is 76.4. The average molecular weight is 655 g/mol. The van der Waals surface area contributed by atoms with Crippen LogP contribution in [0.4, 0.5) is 0 Å². The molecule has 7 N–H and O–H groups in total. The number of fused-ring (bicyclic) bond motifs is 5. The summed E-state index contributed by atoms with van der Waals surface area (Å²) >= 11 is 0. The molecule has 4 aliphatic carbocycles. The van der Waals surface area contributed by atoms with E-state index in [9.17, 15) is 35.7 Å². The quantitative estimate of drug-likeness (QED) is 0.219. The second-order valence-corrected chi connectivity index (χ2v) is 18.4. The number of aliphatic hydroxyl groups is 7. The fraction of sp³-hybridized carbons (Fsp3) is 1.00. The summed E-state index contributed by atoms with van der Waals surface area (Å²) in [6, 6.07) is 0. The molecule has 2 aliphatic heterocycles. The Morgan fingerprint density at radius 2 is 1.50 bits per heavy atom. The highest BCUT2D eigenvalue weighted by Gasteiger charge is 2.74. The van der Waals surface area contributed by atoms with Crippen molar-refractivity contribution in [3.63, 3.8) is 0 Å². The van der Waals surface area contributed by atoms with Crippen molar-refractivity contribution in [2.24, 2.45) is 45.3 Å². The van der Waals surface area contributed by atoms with E-state index < -0.39 is 72.2 Å². The predicted molar refractivity (Wildman–Crippen MR) is 169 cm³/mol. The van der Waals surface area contributed by atoms with Gasteiger partial charge in [-0.25, -0.2) is 0 Å². The van der Waals surface area contributed by atoms with Crippen LogP contribution in [0.25, 0.3) is 0 Å². The molecule has 4 saturated carbocycles. The van der Waals surface area contributed by atoms with Gasteiger partial charge in [0.25, 0.3) is 0 Å². The van der Waals surface area contributed by atoms with Crippen molar-refractivity contribution in [3.05, 3.63) is 0 Å². The summed E-state index contributed by atoms with van der Waals surface area (Å²) in [5.41, 5.74) is -2.83. The first-order chi connectivity index (χ1) is 21.2. The van der Waals surface area contributed by atoms with Crippen LogP contribution in [0.3, 0.4) is 0 Å². The smallest absolute Gasteiger partial charge is 0.186 e. The molecule has 10 heteroatoms. The van der Waals surface area contributed by atoms with E-state index in [2.05, 4.69) is 41.5 Å². The van der Waals surface area contributed by atoms with Gasteiger partial charge in [-0.1, -0.05) is 34.6 Å². The molecule has 6 rings (SSSR count). The SMILES string of the molecule is CC(C)(O)[C@@H]1CC[C@@](C)([C@H]2CC[C@]3(C)[C@H]2[C@H](O)C[C@@H]2[C@@]4(C)CC[C@H](O)C(C)(C)[C@H]4[C@@H](O[C@@H]4O[C@H](CO)[C@@H](O)[C@H](O)[C@H]4O)C[C@]23C)O1. The zero-order valence-corrected chi connectivity index (χ0v) is 29.2. The van der Waals surface area contributed by atoms with Crippen LogP contribution >= 0.6 is 0 Å². The molecule has 0 aromatic carbocycles. The highest BCUT2D eigenvalue weighted by molar-refractivity contribution is 5.22. The lowest BCUT2D eigenvalue weighted by Gasteiger charge is -2.72. The Labute approximate surface area is 274 Å². The van der Waals surface area contributed by atoms with Crippen LogP contribution in [-0.2, 0) is 14.2 Å². The highest BCUT2D eigenvalue weighted by atomic mass is 16.7. The Bertz CT molecular complexity index is 1140. The second-order valence-electron chi connectivity index (χ2n) is 18.4. The summed E-state index contributed by atoms with van der Waals surface area (Å²) in [7, 11) is 0. The number of hydrogen-bond acceptors (Lipinski definition) is 10. The molecule has 0 radical (unpaired) electrons. The molecule has 0 amide bonds. The zero-order chi connectivity index (χ0) is 34.0. The summed E-state index contributed by atoms with van der Waals surface area (Å²) in [6.45, 7) is 16.4. The lowest BCUT2D eigenvalue weighted by atomic mass is 9.34. The third-order valence-corrected chi connectivity index (χ3v) is 15.3. The zero-order valence-electron chi connectivity index (χ0n) is 29.2. The van der Waals surface area contributed by atoms with Gasteiger partial charge in [-0.05, 0) is 117 Å². The Morgan fingerprint density at radius 3 is 2.11 bits per heavy atom. The molecule has 0 aromatic rings. The van der Waals surface area contributed by atoms with Crippen molar-refractivity contribution in [1.82, 2.24) is 0 Å². The molecule has 0 unspecified atom stereocenters. The number of rotatable bonds is 5. The van der Waals surface area contributed by atoms with E-state index in [1.165, 1.54) is 0 Å². The van der Waals surface area contributed by atoms with Crippen molar-refractivity contribution < 1.29 is 50.0 Å². The van der Waals surface area contributed by atoms with Crippen LogP contribution in [0.1, 0.15) is 107 Å². The fourth-order valence-corrected chi connectivity index (χ4v) is 12.7. The third kappa shape index (κ3) is 4.94. The van der Waals surface area contributed by atoms with Gasteiger partial charge in [0.2, 0.25) is 0 Å². The van der Waals surface area contributed by atoms with E-state index in [-0.39, 0.29) is 46.0 Å². The largest absolute Gasteiger partial charge is 0.394 e. The van der Waals surface area contributed by atoms with E-state index in [4.69, 9.17) is 14.2 Å². The molecule has 6 aliphatic rings. The lowest BCUT2D eigenvalue weighted by molar-refractivity contribution is -0.347. The first kappa shape index (κ1) is 35.4. The van der Waals surface area contributed by atoms with Gasteiger partial charge in [-0.2, -0.15) is 0 Å². The van der Waals surface area contributed by atoms with Crippen molar-refractivity contribution in [2.75, 3.05) is 6.61 Å². The molecule has 6 fully saturated rings. The molecule has 266 valence electrons. The summed E-state index contributed by atoms with van der Waals surface area (Å²) in [5.74, 6) is 0.0944. The predicted octanol–water partition coefficient (Wildman–Crippen LogP) is 2.51. The molecule has 17 atom stereocenters. The van der Waals surface area contributed by atoms with Gasteiger partial charge in [-0.3, -0.25) is 0 Å². The molecule has 46 heavy (non-hydrogen) atoms. The maximum absolute atomic E-state index is 12.2. The number of aliphatic hydroxyl groups excluding tert-OH is 6. The average Bonchev–Trinajstić information content (AvgIpc) is 3.55. The van der Waals surface area contributed by atoms with Gasteiger partial charge in [0.05, 0.1) is 42.2 Å². The topological polar surface area (TPSA) is 169 Å². The maximum Gasteiger partial charge on any atom is 0.186 e. The molecule has 2 heterocycles. The molecule has 0 aromatic heterocycles. The minimum Gasteiger partial charge on any atom is -0.394 e. The first-order valence-electron chi connectivity index (χ1n) is 17.9. The van der Waals surface area contributed by atoms with Crippen LogP contribution < -0.4 is 0 Å². The van der Waals surface area contributed by atoms with Crippen molar-refractivity contribution in [1.29, 1.82) is 0 Å². The van der Waals surface area contributed by atoms with Gasteiger partial charge in [0, 0.05) is 0 Å². The van der Waals surface area contributed by atoms with Gasteiger partial charge in [0.15, 0.2) is 6.29 Å². The van der Waals surface area contributed by atoms with Crippen LogP contribution in [0.15, 0.2) is 0 Å². The summed E-state index contributed by atoms with van der Waals surface area (Å²) in [6.07, 6.45) is -2.57. The van der Waals surface area contributed by atoms with Crippen LogP contribution in [0.2, 0.25) is 0 Å². The summed E-state index contributed by atoms with van der Waals surface area (Å²) in [4.78, 5) is 0. The van der Waals surface area contributed by atoms with Crippen LogP contribution in [0.5, 0.6) is 0 Å². The van der Waals surface area contributed by atoms with Gasteiger partial charge >= 0.3 is 0 Å². The fourth-order valence-electron chi connectivity index (χ4n) is 12.7. The molecular weight excluding hydrogens is 592 g/mol. The highest BCUT2D eigenvalue weighted by Crippen LogP contribution is 2.76. The molecule has 10 nitrogen and oxygen atoms in total. The number of hydrogen-bond donors (Lipinski definition) is 7. The van der Waals surface area contributed by atoms with E-state index in [0.29, 0.717) is 19.3 Å². The van der Waals surface area contributed by atoms with Crippen LogP contribution in [-0.4, -0.2) is 109 Å². The lowest BCUT2D eigenvalue weighted by Crippen LogP contribution is -2.71. The van der Waals surface area contributed by atoms with E-state index in [1.807, 2.05) is 0 Å². The second kappa shape index (κ2) is 11.3. The minimum atomic E-state index is -1.54. The number of ether oxygens (including phenoxy) is 3. The molecule has 0 spiro atoms. The Kier molecular flexibility index (Phi) is 8.71. The Hall–Kier alpha value is -0.400. The van der Waals surface area contributed by atoms with Crippen LogP contribution in [0, 0.1) is 45.3 Å². The monoisotopic (exact) mass is 654 g/mol. The minimum absolute atomic E-state index is 0.0189. The van der Waals surface area contributed by atoms with E-state index in [1.54, 1.807) is 13.8 Å². The molecular formula is C36H62O10. The molecule has 2 saturated heterocycles. The van der Waals surface area contributed by atoms with Gasteiger partial charge in [0.1, 0.15) is 24.4 Å². The third-order valence-electron chi connectivity index (χ3n) is 15.3. The van der Waals surface area contributed by atoms with E-state index >= 15 is 0 Å². The van der Waals surface area contributed by atoms with Crippen molar-refractivity contribution in [2.45, 2.75) is 173 Å². The normalized spacial score (nSPS) is 57.1. The first-order valence-corrected chi connectivity index (χ1v) is 17.9. The van der Waals surface area contributed by atoms with Gasteiger partial charge in [-0.15, -0.1) is 0 Å². The van der Waals surface area contributed by atoms with Crippen molar-refractivity contribution >= 4 is 0 Å². The molecule has 0 bridgehead atoms. The van der Waals surface area contributed by atoms with Gasteiger partial charge < -0.3 is 50.0 Å². The maximum atomic E-state index is 12.2. The standard InChI is InChI=1S/C36H62O10/c1-31(2)23(39)10-12-33(5)22-15-19(38)25-18(36(8)14-11-24(46-36)32(3,4)43)9-13-34(25,6)35(22,7)16-20(29(31)33)44-30-28(42)27(41)26(40)21(17-37)45-30/h18-30,37-43H,9-17H2,1-8H3/t18-,19+,20-,21+,22+,23-,24-,25+,26+,27-,28+,29+,30+,33+,34+,35+,36-/m0/s1. The van der Waals surface area contributed by atoms with Crippen molar-refractivity contribution in [3.8, 4) is 0 Å². The Morgan fingerprint density at radius 1 is 0.826 bits per heavy atom. The van der Waals surface area contributed by atoms with E-state index in [0.717, 1.165) is 32.1 Å². The summed E-state index contributed by atoms with van der Waals surface area (Å²) < 4.78 is 19.4. The Balaban J connectivity index is 1.38.